The zero-order valence-corrected chi connectivity index (χ0v) is 14.6. The Morgan fingerprint density at radius 2 is 2.04 bits per heavy atom. The molecule has 0 bridgehead atoms. The second-order valence-corrected chi connectivity index (χ2v) is 5.73. The number of amides is 1. The summed E-state index contributed by atoms with van der Waals surface area (Å²) in [7, 11) is 0. The van der Waals surface area contributed by atoms with Crippen molar-refractivity contribution in [2.24, 2.45) is 5.92 Å². The molecule has 1 aliphatic carbocycles. The van der Waals surface area contributed by atoms with E-state index >= 15 is 0 Å². The third kappa shape index (κ3) is 6.37. The van der Waals surface area contributed by atoms with Crippen LogP contribution >= 0.6 is 24.8 Å². The Bertz CT molecular complexity index is 580. The Kier molecular flexibility index (Phi) is 8.37. The predicted molar refractivity (Wildman–Crippen MR) is 97.5 cm³/mol. The minimum Gasteiger partial charge on any atom is -0.355 e. The lowest BCUT2D eigenvalue weighted by atomic mass is 10.3. The van der Waals surface area contributed by atoms with Gasteiger partial charge in [-0.1, -0.05) is 12.1 Å². The van der Waals surface area contributed by atoms with E-state index in [1.165, 1.54) is 12.8 Å². The fraction of sp³-hybridized carbons (Fsp3) is 0.500. The number of halogens is 2. The molecule has 1 fully saturated rings. The first-order chi connectivity index (χ1) is 10.3. The average molecular weight is 359 g/mol. The summed E-state index contributed by atoms with van der Waals surface area (Å²) >= 11 is 0. The summed E-state index contributed by atoms with van der Waals surface area (Å²) in [5.41, 5.74) is 2.07. The van der Waals surface area contributed by atoms with E-state index in [2.05, 4.69) is 20.6 Å². The van der Waals surface area contributed by atoms with Crippen LogP contribution in [0.25, 0.3) is 11.0 Å². The summed E-state index contributed by atoms with van der Waals surface area (Å²) in [5, 5.41) is 6.13. The molecule has 0 radical (unpaired) electrons. The van der Waals surface area contributed by atoms with Crippen molar-refractivity contribution in [3.8, 4) is 0 Å². The SMILES string of the molecule is Cl.Cl.O=C(CNCC1CC1)NCCCc1nc2ccccc2[nH]1. The van der Waals surface area contributed by atoms with E-state index in [1.54, 1.807) is 0 Å². The van der Waals surface area contributed by atoms with Gasteiger partial charge in [-0.2, -0.15) is 0 Å². The van der Waals surface area contributed by atoms with Crippen molar-refractivity contribution in [1.82, 2.24) is 20.6 Å². The normalized spacial score (nSPS) is 13.2. The molecule has 5 nitrogen and oxygen atoms in total. The molecule has 128 valence electrons. The number of imidazole rings is 1. The standard InChI is InChI=1S/C16H22N4O.2ClH/c21-16(11-17-10-12-7-8-12)18-9-3-6-15-19-13-4-1-2-5-14(13)20-15;;/h1-2,4-5,12,17H,3,6-11H2,(H,18,21)(H,19,20);2*1H. The summed E-state index contributed by atoms with van der Waals surface area (Å²) in [4.78, 5) is 19.4. The predicted octanol–water partition coefficient (Wildman–Crippen LogP) is 2.45. The van der Waals surface area contributed by atoms with E-state index in [-0.39, 0.29) is 30.7 Å². The van der Waals surface area contributed by atoms with E-state index in [4.69, 9.17) is 0 Å². The number of hydrogen-bond acceptors (Lipinski definition) is 3. The molecular formula is C16H24Cl2N4O. The molecule has 0 aliphatic heterocycles. The van der Waals surface area contributed by atoms with Crippen molar-refractivity contribution in [3.63, 3.8) is 0 Å². The van der Waals surface area contributed by atoms with E-state index in [0.29, 0.717) is 13.1 Å². The average Bonchev–Trinajstić information content (AvgIpc) is 3.21. The maximum absolute atomic E-state index is 11.6. The van der Waals surface area contributed by atoms with Gasteiger partial charge in [-0.25, -0.2) is 4.98 Å². The van der Waals surface area contributed by atoms with Crippen LogP contribution in [0.2, 0.25) is 0 Å². The lowest BCUT2D eigenvalue weighted by Crippen LogP contribution is -2.35. The zero-order chi connectivity index (χ0) is 14.5. The minimum absolute atomic E-state index is 0. The Labute approximate surface area is 148 Å². The first-order valence-electron chi connectivity index (χ1n) is 7.72. The van der Waals surface area contributed by atoms with Gasteiger partial charge in [0.25, 0.3) is 0 Å². The highest BCUT2D eigenvalue weighted by atomic mass is 35.5. The van der Waals surface area contributed by atoms with Crippen LogP contribution in [-0.2, 0) is 11.2 Å². The summed E-state index contributed by atoms with van der Waals surface area (Å²) in [6.45, 7) is 2.11. The molecule has 1 aromatic carbocycles. The van der Waals surface area contributed by atoms with Gasteiger partial charge in [0.2, 0.25) is 5.91 Å². The van der Waals surface area contributed by atoms with Gasteiger partial charge in [0, 0.05) is 13.0 Å². The summed E-state index contributed by atoms with van der Waals surface area (Å²) < 4.78 is 0. The summed E-state index contributed by atoms with van der Waals surface area (Å²) in [6, 6.07) is 8.02. The molecule has 0 spiro atoms. The van der Waals surface area contributed by atoms with Crippen LogP contribution in [-0.4, -0.2) is 35.5 Å². The van der Waals surface area contributed by atoms with Crippen LogP contribution in [0.15, 0.2) is 24.3 Å². The fourth-order valence-corrected chi connectivity index (χ4v) is 2.38. The van der Waals surface area contributed by atoms with Gasteiger partial charge in [-0.3, -0.25) is 4.79 Å². The van der Waals surface area contributed by atoms with Crippen LogP contribution in [0.5, 0.6) is 0 Å². The number of H-pyrrole nitrogens is 1. The van der Waals surface area contributed by atoms with Gasteiger partial charge in [0.15, 0.2) is 0 Å². The fourth-order valence-electron chi connectivity index (χ4n) is 2.38. The molecule has 1 amide bonds. The lowest BCUT2D eigenvalue weighted by molar-refractivity contribution is -0.120. The number of nitrogens with zero attached hydrogens (tertiary/aromatic N) is 1. The number of aryl methyl sites for hydroxylation is 1. The van der Waals surface area contributed by atoms with Gasteiger partial charge < -0.3 is 15.6 Å². The van der Waals surface area contributed by atoms with Gasteiger partial charge in [0.1, 0.15) is 5.82 Å². The third-order valence-corrected chi connectivity index (χ3v) is 3.77. The second-order valence-electron chi connectivity index (χ2n) is 5.73. The molecule has 3 rings (SSSR count). The number of benzene rings is 1. The highest BCUT2D eigenvalue weighted by Crippen LogP contribution is 2.27. The van der Waals surface area contributed by atoms with Crippen LogP contribution in [0.4, 0.5) is 0 Å². The smallest absolute Gasteiger partial charge is 0.233 e. The van der Waals surface area contributed by atoms with E-state index < -0.39 is 0 Å². The van der Waals surface area contributed by atoms with Crippen molar-refractivity contribution < 1.29 is 4.79 Å². The number of carbonyl (C=O) groups excluding carboxylic acids is 1. The molecule has 2 aromatic rings. The van der Waals surface area contributed by atoms with Crippen LogP contribution < -0.4 is 10.6 Å². The number of para-hydroxylation sites is 2. The van der Waals surface area contributed by atoms with Crippen LogP contribution in [0.1, 0.15) is 25.1 Å². The van der Waals surface area contributed by atoms with E-state index in [1.807, 2.05) is 24.3 Å². The summed E-state index contributed by atoms with van der Waals surface area (Å²) in [5.74, 6) is 1.88. The first-order valence-corrected chi connectivity index (χ1v) is 7.72. The Hall–Kier alpha value is -1.30. The van der Waals surface area contributed by atoms with Crippen molar-refractivity contribution in [2.75, 3.05) is 19.6 Å². The molecule has 1 aliphatic rings. The van der Waals surface area contributed by atoms with Crippen LogP contribution in [0.3, 0.4) is 0 Å². The minimum atomic E-state index is 0. The monoisotopic (exact) mass is 358 g/mol. The largest absolute Gasteiger partial charge is 0.355 e. The molecular weight excluding hydrogens is 335 g/mol. The molecule has 0 atom stereocenters. The summed E-state index contributed by atoms with van der Waals surface area (Å²) in [6.07, 6.45) is 4.37. The van der Waals surface area contributed by atoms with Crippen molar-refractivity contribution >= 4 is 41.8 Å². The Balaban J connectivity index is 0.00000132. The highest BCUT2D eigenvalue weighted by Gasteiger charge is 2.20. The molecule has 0 unspecified atom stereocenters. The van der Waals surface area contributed by atoms with Crippen molar-refractivity contribution in [3.05, 3.63) is 30.1 Å². The number of aromatic nitrogens is 2. The molecule has 7 heteroatoms. The maximum atomic E-state index is 11.6. The van der Waals surface area contributed by atoms with E-state index in [9.17, 15) is 4.79 Å². The molecule has 3 N–H and O–H groups in total. The van der Waals surface area contributed by atoms with Crippen molar-refractivity contribution in [2.45, 2.75) is 25.7 Å². The van der Waals surface area contributed by atoms with E-state index in [0.717, 1.165) is 42.2 Å². The van der Waals surface area contributed by atoms with Gasteiger partial charge in [-0.05, 0) is 43.9 Å². The number of rotatable bonds is 8. The maximum Gasteiger partial charge on any atom is 0.233 e. The highest BCUT2D eigenvalue weighted by molar-refractivity contribution is 5.85. The zero-order valence-electron chi connectivity index (χ0n) is 13.0. The number of hydrogen-bond donors (Lipinski definition) is 3. The van der Waals surface area contributed by atoms with Gasteiger partial charge >= 0.3 is 0 Å². The molecule has 23 heavy (non-hydrogen) atoms. The quantitative estimate of drug-likeness (QED) is 0.634. The van der Waals surface area contributed by atoms with Crippen LogP contribution in [0, 0.1) is 5.92 Å². The topological polar surface area (TPSA) is 69.8 Å². The molecule has 1 aromatic heterocycles. The number of carbonyl (C=O) groups is 1. The number of aromatic amines is 1. The number of fused-ring (bicyclic) bond motifs is 1. The molecule has 1 heterocycles. The van der Waals surface area contributed by atoms with Crippen molar-refractivity contribution in [1.29, 1.82) is 0 Å². The third-order valence-electron chi connectivity index (χ3n) is 3.77. The van der Waals surface area contributed by atoms with Gasteiger partial charge in [-0.15, -0.1) is 24.8 Å². The Morgan fingerprint density at radius 1 is 1.26 bits per heavy atom. The number of nitrogens with one attached hydrogen (secondary N) is 3. The molecule has 0 saturated heterocycles. The van der Waals surface area contributed by atoms with Gasteiger partial charge in [0.05, 0.1) is 17.6 Å². The lowest BCUT2D eigenvalue weighted by Gasteiger charge is -2.05. The molecule has 1 saturated carbocycles. The Morgan fingerprint density at radius 3 is 2.78 bits per heavy atom. The first kappa shape index (κ1) is 19.7. The second kappa shape index (κ2) is 9.75.